The molecule has 0 aliphatic rings. The van der Waals surface area contributed by atoms with Gasteiger partial charge in [0, 0.05) is 5.56 Å². The lowest BCUT2D eigenvalue weighted by Crippen LogP contribution is -2.00. The van der Waals surface area contributed by atoms with Crippen molar-refractivity contribution in [2.45, 2.75) is 13.3 Å². The summed E-state index contributed by atoms with van der Waals surface area (Å²) in [5.74, 6) is 1.27. The van der Waals surface area contributed by atoms with Crippen LogP contribution in [0.4, 0.5) is 0 Å². The highest BCUT2D eigenvalue weighted by Gasteiger charge is 2.05. The molecule has 0 atom stereocenters. The molecule has 0 fully saturated rings. The van der Waals surface area contributed by atoms with Gasteiger partial charge >= 0.3 is 0 Å². The minimum Gasteiger partial charge on any atom is -0.490 e. The van der Waals surface area contributed by atoms with E-state index in [9.17, 15) is 4.79 Å². The van der Waals surface area contributed by atoms with Gasteiger partial charge in [-0.05, 0) is 31.5 Å². The molecule has 0 amide bonds. The minimum atomic E-state index is 0.542. The number of carbonyl (C=O) groups excluding carboxylic acids is 1. The normalized spacial score (nSPS) is 9.56. The summed E-state index contributed by atoms with van der Waals surface area (Å²) in [5.41, 5.74) is 0.583. The van der Waals surface area contributed by atoms with Gasteiger partial charge < -0.3 is 9.47 Å². The van der Waals surface area contributed by atoms with Crippen LogP contribution in [0.3, 0.4) is 0 Å². The fraction of sp³-hybridized carbons (Fsp3) is 0.308. The predicted octanol–water partition coefficient (Wildman–Crippen LogP) is 2.85. The van der Waals surface area contributed by atoms with Crippen LogP contribution in [0, 0.1) is 0 Å². The van der Waals surface area contributed by atoms with E-state index in [2.05, 4.69) is 6.58 Å². The summed E-state index contributed by atoms with van der Waals surface area (Å²) in [7, 11) is 0. The molecule has 0 aliphatic heterocycles. The number of hydrogen-bond donors (Lipinski definition) is 0. The summed E-state index contributed by atoms with van der Waals surface area (Å²) in [6.07, 6.45) is 3.36. The van der Waals surface area contributed by atoms with Gasteiger partial charge in [-0.15, -0.1) is 6.58 Å². The second kappa shape index (κ2) is 6.67. The van der Waals surface area contributed by atoms with Crippen molar-refractivity contribution in [1.29, 1.82) is 0 Å². The molecule has 0 heterocycles. The first-order chi connectivity index (χ1) is 7.81. The third kappa shape index (κ3) is 3.42. The maximum absolute atomic E-state index is 10.6. The van der Waals surface area contributed by atoms with Crippen LogP contribution < -0.4 is 9.47 Å². The number of aldehydes is 1. The molecular weight excluding hydrogens is 204 g/mol. The Bertz CT molecular complexity index is 358. The number of benzene rings is 1. The van der Waals surface area contributed by atoms with Crippen molar-refractivity contribution < 1.29 is 14.3 Å². The van der Waals surface area contributed by atoms with E-state index in [1.165, 1.54) is 0 Å². The second-order valence-electron chi connectivity index (χ2n) is 3.18. The molecule has 0 radical (unpaired) electrons. The zero-order valence-electron chi connectivity index (χ0n) is 9.44. The van der Waals surface area contributed by atoms with Gasteiger partial charge in [0.1, 0.15) is 6.29 Å². The highest BCUT2D eigenvalue weighted by Crippen LogP contribution is 2.28. The maximum Gasteiger partial charge on any atom is 0.161 e. The Balaban J connectivity index is 2.79. The topological polar surface area (TPSA) is 35.5 Å². The minimum absolute atomic E-state index is 0.542. The third-order valence-corrected chi connectivity index (χ3v) is 1.98. The Labute approximate surface area is 95.7 Å². The number of carbonyl (C=O) groups is 1. The van der Waals surface area contributed by atoms with E-state index in [4.69, 9.17) is 9.47 Å². The molecule has 1 aromatic carbocycles. The van der Waals surface area contributed by atoms with Gasteiger partial charge in [-0.25, -0.2) is 0 Å². The molecule has 1 aromatic rings. The predicted molar refractivity (Wildman–Crippen MR) is 63.3 cm³/mol. The van der Waals surface area contributed by atoms with Gasteiger partial charge in [-0.2, -0.15) is 0 Å². The Hall–Kier alpha value is -1.77. The van der Waals surface area contributed by atoms with Crippen molar-refractivity contribution in [1.82, 2.24) is 0 Å². The molecular formula is C13H16O3. The fourth-order valence-corrected chi connectivity index (χ4v) is 1.24. The lowest BCUT2D eigenvalue weighted by molar-refractivity contribution is 0.112. The van der Waals surface area contributed by atoms with E-state index in [0.717, 1.165) is 12.7 Å². The molecule has 0 bridgehead atoms. The smallest absolute Gasteiger partial charge is 0.161 e. The SMILES string of the molecule is C=CCCOc1ccc(C=O)cc1OCC. The molecule has 16 heavy (non-hydrogen) atoms. The van der Waals surface area contributed by atoms with E-state index in [-0.39, 0.29) is 0 Å². The van der Waals surface area contributed by atoms with Crippen molar-refractivity contribution in [2.24, 2.45) is 0 Å². The van der Waals surface area contributed by atoms with Crippen LogP contribution in [0.1, 0.15) is 23.7 Å². The van der Waals surface area contributed by atoms with Crippen LogP contribution in [0.2, 0.25) is 0 Å². The Morgan fingerprint density at radius 2 is 2.12 bits per heavy atom. The van der Waals surface area contributed by atoms with E-state index < -0.39 is 0 Å². The molecule has 3 nitrogen and oxygen atoms in total. The fourth-order valence-electron chi connectivity index (χ4n) is 1.24. The molecule has 0 aliphatic carbocycles. The van der Waals surface area contributed by atoms with Gasteiger partial charge in [0.05, 0.1) is 13.2 Å². The number of ether oxygens (including phenoxy) is 2. The van der Waals surface area contributed by atoms with Gasteiger partial charge in [0.25, 0.3) is 0 Å². The third-order valence-electron chi connectivity index (χ3n) is 1.98. The van der Waals surface area contributed by atoms with E-state index >= 15 is 0 Å². The van der Waals surface area contributed by atoms with Crippen LogP contribution in [0.25, 0.3) is 0 Å². The highest BCUT2D eigenvalue weighted by molar-refractivity contribution is 5.76. The molecule has 0 spiro atoms. The van der Waals surface area contributed by atoms with Crippen LogP contribution in [0.5, 0.6) is 11.5 Å². The van der Waals surface area contributed by atoms with E-state index in [0.29, 0.717) is 30.3 Å². The first kappa shape index (κ1) is 12.3. The zero-order valence-corrected chi connectivity index (χ0v) is 9.44. The Morgan fingerprint density at radius 1 is 1.31 bits per heavy atom. The molecule has 0 saturated carbocycles. The van der Waals surface area contributed by atoms with Gasteiger partial charge in [0.15, 0.2) is 11.5 Å². The first-order valence-electron chi connectivity index (χ1n) is 5.27. The summed E-state index contributed by atoms with van der Waals surface area (Å²) >= 11 is 0. The van der Waals surface area contributed by atoms with E-state index in [1.807, 2.05) is 6.92 Å². The lowest BCUT2D eigenvalue weighted by atomic mass is 10.2. The molecule has 0 saturated heterocycles. The summed E-state index contributed by atoms with van der Waals surface area (Å²) in [6.45, 7) is 6.61. The summed E-state index contributed by atoms with van der Waals surface area (Å²) < 4.78 is 10.9. The van der Waals surface area contributed by atoms with Crippen LogP contribution in [0.15, 0.2) is 30.9 Å². The van der Waals surface area contributed by atoms with Crippen LogP contribution >= 0.6 is 0 Å². The quantitative estimate of drug-likeness (QED) is 0.402. The molecule has 0 N–H and O–H groups in total. The average Bonchev–Trinajstić information content (AvgIpc) is 2.31. The summed E-state index contributed by atoms with van der Waals surface area (Å²) in [4.78, 5) is 10.6. The van der Waals surface area contributed by atoms with Gasteiger partial charge in [0.2, 0.25) is 0 Å². The molecule has 0 unspecified atom stereocenters. The molecule has 0 aromatic heterocycles. The first-order valence-corrected chi connectivity index (χ1v) is 5.27. The van der Waals surface area contributed by atoms with Crippen LogP contribution in [-0.2, 0) is 0 Å². The van der Waals surface area contributed by atoms with Crippen LogP contribution in [-0.4, -0.2) is 19.5 Å². The second-order valence-corrected chi connectivity index (χ2v) is 3.18. The molecule has 86 valence electrons. The van der Waals surface area contributed by atoms with Gasteiger partial charge in [-0.1, -0.05) is 6.08 Å². The summed E-state index contributed by atoms with van der Waals surface area (Å²) in [5, 5.41) is 0. The highest BCUT2D eigenvalue weighted by atomic mass is 16.5. The van der Waals surface area contributed by atoms with Crippen molar-refractivity contribution >= 4 is 6.29 Å². The van der Waals surface area contributed by atoms with Crippen molar-refractivity contribution in [3.63, 3.8) is 0 Å². The standard InChI is InChI=1S/C13H16O3/c1-3-5-8-16-12-7-6-11(10-14)9-13(12)15-4-2/h3,6-7,9-10H,1,4-5,8H2,2H3. The maximum atomic E-state index is 10.6. The van der Waals surface area contributed by atoms with Crippen molar-refractivity contribution in [3.8, 4) is 11.5 Å². The number of rotatable bonds is 7. The summed E-state index contributed by atoms with van der Waals surface area (Å²) in [6, 6.07) is 5.14. The monoisotopic (exact) mass is 220 g/mol. The average molecular weight is 220 g/mol. The molecule has 1 rings (SSSR count). The Kier molecular flexibility index (Phi) is 5.12. The van der Waals surface area contributed by atoms with Crippen molar-refractivity contribution in [2.75, 3.05) is 13.2 Å². The Morgan fingerprint density at radius 3 is 2.75 bits per heavy atom. The van der Waals surface area contributed by atoms with E-state index in [1.54, 1.807) is 24.3 Å². The molecule has 3 heteroatoms. The largest absolute Gasteiger partial charge is 0.490 e. The zero-order chi connectivity index (χ0) is 11.8. The lowest BCUT2D eigenvalue weighted by Gasteiger charge is -2.11. The number of hydrogen-bond acceptors (Lipinski definition) is 3. The van der Waals surface area contributed by atoms with Crippen molar-refractivity contribution in [3.05, 3.63) is 36.4 Å². The van der Waals surface area contributed by atoms with Gasteiger partial charge in [-0.3, -0.25) is 4.79 Å².